The van der Waals surface area contributed by atoms with Crippen LogP contribution in [0.2, 0.25) is 10.0 Å². The summed E-state index contributed by atoms with van der Waals surface area (Å²) < 4.78 is 16.4. The number of hydrogen-bond acceptors (Lipinski definition) is 4. The first-order chi connectivity index (χ1) is 11.4. The minimum absolute atomic E-state index is 0.268. The summed E-state index contributed by atoms with van der Waals surface area (Å²) in [7, 11) is 0. The lowest BCUT2D eigenvalue weighted by Gasteiger charge is -2.16. The smallest absolute Gasteiger partial charge is 0.308 e. The van der Waals surface area contributed by atoms with Crippen molar-refractivity contribution in [2.45, 2.75) is 20.0 Å². The molecule has 0 spiro atoms. The number of hydrogen-bond donors (Lipinski definition) is 0. The third kappa shape index (κ3) is 3.50. The van der Waals surface area contributed by atoms with E-state index in [-0.39, 0.29) is 6.10 Å². The first kappa shape index (κ1) is 16.7. The lowest BCUT2D eigenvalue weighted by atomic mass is 10.1. The first-order valence-corrected chi connectivity index (χ1v) is 8.01. The summed E-state index contributed by atoms with van der Waals surface area (Å²) >= 11 is 12.1. The molecule has 0 amide bonds. The Morgan fingerprint density at radius 3 is 2.67 bits per heavy atom. The Kier molecular flexibility index (Phi) is 4.69. The molecule has 1 aromatic heterocycles. The van der Waals surface area contributed by atoms with E-state index in [2.05, 4.69) is 0 Å². The highest BCUT2D eigenvalue weighted by Gasteiger charge is 2.14. The maximum absolute atomic E-state index is 11.1. The molecular formula is C18H14Cl2O4. The van der Waals surface area contributed by atoms with Crippen LogP contribution in [0.3, 0.4) is 0 Å². The zero-order valence-corrected chi connectivity index (χ0v) is 14.5. The number of benzene rings is 2. The second kappa shape index (κ2) is 6.75. The lowest BCUT2D eigenvalue weighted by molar-refractivity contribution is -0.131. The molecular weight excluding hydrogens is 351 g/mol. The van der Waals surface area contributed by atoms with Crippen molar-refractivity contribution in [3.05, 3.63) is 58.3 Å². The Morgan fingerprint density at radius 2 is 1.96 bits per heavy atom. The fraction of sp³-hybridized carbons (Fsp3) is 0.167. The van der Waals surface area contributed by atoms with Crippen LogP contribution < -0.4 is 9.47 Å². The molecule has 1 heterocycles. The topological polar surface area (TPSA) is 48.7 Å². The average molecular weight is 365 g/mol. The molecule has 0 aliphatic rings. The molecule has 0 saturated heterocycles. The van der Waals surface area contributed by atoms with Gasteiger partial charge in [-0.05, 0) is 31.2 Å². The number of carbonyl (C=O) groups is 1. The molecule has 1 atom stereocenters. The van der Waals surface area contributed by atoms with E-state index in [9.17, 15) is 4.79 Å². The predicted octanol–water partition coefficient (Wildman–Crippen LogP) is 5.80. The van der Waals surface area contributed by atoms with Crippen molar-refractivity contribution in [3.63, 3.8) is 0 Å². The molecule has 6 heteroatoms. The van der Waals surface area contributed by atoms with Crippen molar-refractivity contribution < 1.29 is 18.7 Å². The molecule has 0 fully saturated rings. The fourth-order valence-electron chi connectivity index (χ4n) is 2.39. The van der Waals surface area contributed by atoms with E-state index in [4.69, 9.17) is 37.1 Å². The SMILES string of the molecule is CC(=O)Oc1coc2cc(OC(C)c3ccc(Cl)cc3Cl)ccc12. The van der Waals surface area contributed by atoms with Gasteiger partial charge < -0.3 is 13.9 Å². The Morgan fingerprint density at radius 1 is 1.17 bits per heavy atom. The largest absolute Gasteiger partial charge is 0.486 e. The summed E-state index contributed by atoms with van der Waals surface area (Å²) in [4.78, 5) is 11.1. The maximum Gasteiger partial charge on any atom is 0.308 e. The van der Waals surface area contributed by atoms with Gasteiger partial charge in [-0.25, -0.2) is 0 Å². The van der Waals surface area contributed by atoms with Crippen LogP contribution in [0.4, 0.5) is 0 Å². The van der Waals surface area contributed by atoms with Crippen molar-refractivity contribution in [1.29, 1.82) is 0 Å². The van der Waals surface area contributed by atoms with E-state index >= 15 is 0 Å². The van der Waals surface area contributed by atoms with Crippen molar-refractivity contribution in [2.24, 2.45) is 0 Å². The standard InChI is InChI=1S/C18H14Cl2O4/c1-10(14-5-3-12(19)7-16(14)20)23-13-4-6-15-17(8-13)22-9-18(15)24-11(2)21/h3-10H,1-2H3. The Labute approximate surface area is 148 Å². The summed E-state index contributed by atoms with van der Waals surface area (Å²) in [5.41, 5.74) is 1.40. The number of carbonyl (C=O) groups excluding carboxylic acids is 1. The maximum atomic E-state index is 11.1. The third-order valence-electron chi connectivity index (χ3n) is 3.48. The van der Waals surface area contributed by atoms with Gasteiger partial charge in [0.15, 0.2) is 5.75 Å². The zero-order chi connectivity index (χ0) is 17.3. The van der Waals surface area contributed by atoms with E-state index in [0.717, 1.165) is 5.56 Å². The molecule has 4 nitrogen and oxygen atoms in total. The van der Waals surface area contributed by atoms with E-state index in [0.29, 0.717) is 32.5 Å². The Balaban J connectivity index is 1.83. The van der Waals surface area contributed by atoms with E-state index in [1.165, 1.54) is 13.2 Å². The van der Waals surface area contributed by atoms with Gasteiger partial charge in [-0.2, -0.15) is 0 Å². The summed E-state index contributed by atoms with van der Waals surface area (Å²) in [6.45, 7) is 3.24. The molecule has 124 valence electrons. The van der Waals surface area contributed by atoms with Crippen molar-refractivity contribution in [2.75, 3.05) is 0 Å². The van der Waals surface area contributed by atoms with Gasteiger partial charge in [-0.1, -0.05) is 29.3 Å². The summed E-state index contributed by atoms with van der Waals surface area (Å²) in [6.07, 6.45) is 1.13. The molecule has 0 aliphatic heterocycles. The fourth-order valence-corrected chi connectivity index (χ4v) is 2.95. The van der Waals surface area contributed by atoms with Crippen LogP contribution in [0.5, 0.6) is 11.5 Å². The molecule has 3 aromatic rings. The van der Waals surface area contributed by atoms with Crippen molar-refractivity contribution in [1.82, 2.24) is 0 Å². The van der Waals surface area contributed by atoms with Crippen LogP contribution in [0.25, 0.3) is 11.0 Å². The number of fused-ring (bicyclic) bond motifs is 1. The Bertz CT molecular complexity index is 901. The minimum atomic E-state index is -0.399. The monoisotopic (exact) mass is 364 g/mol. The average Bonchev–Trinajstić information content (AvgIpc) is 2.88. The van der Waals surface area contributed by atoms with Crippen molar-refractivity contribution in [3.8, 4) is 11.5 Å². The third-order valence-corrected chi connectivity index (χ3v) is 4.04. The van der Waals surface area contributed by atoms with Gasteiger partial charge in [0.05, 0.1) is 5.39 Å². The van der Waals surface area contributed by atoms with Gasteiger partial charge in [0.2, 0.25) is 0 Å². The van der Waals surface area contributed by atoms with Crippen LogP contribution in [-0.2, 0) is 4.79 Å². The number of ether oxygens (including phenoxy) is 2. The second-order valence-corrected chi connectivity index (χ2v) is 6.12. The van der Waals surface area contributed by atoms with Crippen LogP contribution in [-0.4, -0.2) is 5.97 Å². The van der Waals surface area contributed by atoms with E-state index in [1.807, 2.05) is 13.0 Å². The predicted molar refractivity (Wildman–Crippen MR) is 93.0 cm³/mol. The summed E-state index contributed by atoms with van der Waals surface area (Å²) in [6, 6.07) is 10.6. The number of esters is 1. The van der Waals surface area contributed by atoms with Gasteiger partial charge >= 0.3 is 5.97 Å². The highest BCUT2D eigenvalue weighted by molar-refractivity contribution is 6.35. The van der Waals surface area contributed by atoms with Crippen LogP contribution in [0, 0.1) is 0 Å². The molecule has 0 radical (unpaired) electrons. The highest BCUT2D eigenvalue weighted by atomic mass is 35.5. The van der Waals surface area contributed by atoms with Crippen LogP contribution >= 0.6 is 23.2 Å². The van der Waals surface area contributed by atoms with Gasteiger partial charge in [0.25, 0.3) is 0 Å². The zero-order valence-electron chi connectivity index (χ0n) is 13.0. The van der Waals surface area contributed by atoms with Gasteiger partial charge in [0.1, 0.15) is 23.7 Å². The van der Waals surface area contributed by atoms with Gasteiger partial charge in [-0.3, -0.25) is 4.79 Å². The van der Waals surface area contributed by atoms with Crippen molar-refractivity contribution >= 4 is 40.1 Å². The summed E-state index contributed by atoms with van der Waals surface area (Å²) in [5.74, 6) is 0.603. The molecule has 3 rings (SSSR count). The Hall–Kier alpha value is -2.17. The first-order valence-electron chi connectivity index (χ1n) is 7.25. The minimum Gasteiger partial charge on any atom is -0.486 e. The molecule has 0 N–H and O–H groups in total. The molecule has 2 aromatic carbocycles. The molecule has 1 unspecified atom stereocenters. The molecule has 0 saturated carbocycles. The number of furan rings is 1. The van der Waals surface area contributed by atoms with Gasteiger partial charge in [0, 0.05) is 28.6 Å². The lowest BCUT2D eigenvalue weighted by Crippen LogP contribution is -2.03. The molecule has 0 bridgehead atoms. The number of halogens is 2. The van der Waals surface area contributed by atoms with E-state index < -0.39 is 5.97 Å². The molecule has 0 aliphatic carbocycles. The van der Waals surface area contributed by atoms with Gasteiger partial charge in [-0.15, -0.1) is 0 Å². The van der Waals surface area contributed by atoms with Crippen LogP contribution in [0.15, 0.2) is 47.1 Å². The number of rotatable bonds is 4. The quantitative estimate of drug-likeness (QED) is 0.548. The highest BCUT2D eigenvalue weighted by Crippen LogP contribution is 2.34. The second-order valence-electron chi connectivity index (χ2n) is 5.28. The van der Waals surface area contributed by atoms with Crippen LogP contribution in [0.1, 0.15) is 25.5 Å². The molecule has 24 heavy (non-hydrogen) atoms. The van der Waals surface area contributed by atoms with E-state index in [1.54, 1.807) is 30.3 Å². The normalized spacial score (nSPS) is 12.2. The summed E-state index contributed by atoms with van der Waals surface area (Å²) in [5, 5.41) is 1.83.